The Hall–Kier alpha value is -0.560. The van der Waals surface area contributed by atoms with Crippen LogP contribution in [0.25, 0.3) is 0 Å². The lowest BCUT2D eigenvalue weighted by molar-refractivity contribution is -0.459. The molecule has 0 aliphatic carbocycles. The van der Waals surface area contributed by atoms with E-state index in [-0.39, 0.29) is 0 Å². The molecule has 10 heteroatoms. The summed E-state index contributed by atoms with van der Waals surface area (Å²) < 4.78 is -0.682. The van der Waals surface area contributed by atoms with E-state index < -0.39 is 30.2 Å². The molecule has 0 aromatic heterocycles. The van der Waals surface area contributed by atoms with E-state index in [0.29, 0.717) is 0 Å². The molecule has 14 heavy (non-hydrogen) atoms. The van der Waals surface area contributed by atoms with Gasteiger partial charge in [-0.2, -0.15) is 0 Å². The van der Waals surface area contributed by atoms with Crippen molar-refractivity contribution < 1.29 is 9.85 Å². The Morgan fingerprint density at radius 1 is 0.929 bits per heavy atom. The Morgan fingerprint density at radius 3 is 1.57 bits per heavy atom. The molecule has 0 saturated heterocycles. The summed E-state index contributed by atoms with van der Waals surface area (Å²) in [5, 5.41) is 18.4. The highest BCUT2D eigenvalue weighted by molar-refractivity contribution is 6.60. The van der Waals surface area contributed by atoms with E-state index in [4.69, 9.17) is 46.4 Å². The maximum atomic E-state index is 10.3. The number of nitro groups is 2. The summed E-state index contributed by atoms with van der Waals surface area (Å²) in [5.41, 5.74) is -1.15. The van der Waals surface area contributed by atoms with Gasteiger partial charge in [0.15, 0.2) is 5.03 Å². The van der Waals surface area contributed by atoms with Gasteiger partial charge in [0.1, 0.15) is 4.49 Å². The zero-order valence-corrected chi connectivity index (χ0v) is 9.06. The molecule has 0 atom stereocenters. The van der Waals surface area contributed by atoms with Gasteiger partial charge >= 0.3 is 10.9 Å². The molecule has 0 bridgehead atoms. The average Bonchev–Trinajstić information content (AvgIpc) is 2.03. The largest absolute Gasteiger partial charge is 0.416 e. The van der Waals surface area contributed by atoms with Gasteiger partial charge in [-0.3, -0.25) is 20.2 Å². The SMILES string of the molecule is O=[N+]([O-])/C(Cl)=C(\C(Cl)=C(Cl)Cl)[N+](=O)[O-]. The zero-order valence-electron chi connectivity index (χ0n) is 6.04. The Balaban J connectivity index is 5.62. The maximum absolute atomic E-state index is 10.3. The van der Waals surface area contributed by atoms with Crippen molar-refractivity contribution in [3.05, 3.63) is 40.6 Å². The molecule has 0 aromatic rings. The van der Waals surface area contributed by atoms with E-state index in [0.717, 1.165) is 0 Å². The summed E-state index contributed by atoms with van der Waals surface area (Å²) in [6.45, 7) is 0. The van der Waals surface area contributed by atoms with Crippen molar-refractivity contribution in [2.24, 2.45) is 0 Å². The van der Waals surface area contributed by atoms with Crippen LogP contribution in [-0.4, -0.2) is 9.85 Å². The van der Waals surface area contributed by atoms with E-state index in [9.17, 15) is 20.2 Å². The van der Waals surface area contributed by atoms with Crippen molar-refractivity contribution in [3.8, 4) is 0 Å². The lowest BCUT2D eigenvalue weighted by Crippen LogP contribution is -2.06. The van der Waals surface area contributed by atoms with Crippen molar-refractivity contribution in [2.45, 2.75) is 0 Å². The summed E-state index contributed by atoms with van der Waals surface area (Å²) >= 11 is 20.5. The summed E-state index contributed by atoms with van der Waals surface area (Å²) in [6.07, 6.45) is 0. The minimum atomic E-state index is -1.27. The highest BCUT2D eigenvalue weighted by atomic mass is 35.5. The first-order valence-corrected chi connectivity index (χ1v) is 4.20. The van der Waals surface area contributed by atoms with Crippen LogP contribution in [0.1, 0.15) is 0 Å². The summed E-state index contributed by atoms with van der Waals surface area (Å²) in [7, 11) is 0. The number of allylic oxidation sites excluding steroid dienone is 1. The number of rotatable bonds is 3. The number of hydrogen-bond acceptors (Lipinski definition) is 4. The standard InChI is InChI=1S/C4Cl4N2O4/c5-1(3(6)7)2(9(11)12)4(8)10(13)14/b4-2+. The zero-order chi connectivity index (χ0) is 11.5. The third-order valence-corrected chi connectivity index (χ3v) is 2.17. The minimum Gasteiger partial charge on any atom is -0.258 e. The molecule has 0 fully saturated rings. The van der Waals surface area contributed by atoms with Gasteiger partial charge in [-0.05, 0) is 0 Å². The molecular weight excluding hydrogens is 282 g/mol. The van der Waals surface area contributed by atoms with E-state index in [2.05, 4.69) is 0 Å². The predicted molar refractivity (Wildman–Crippen MR) is 51.5 cm³/mol. The fourth-order valence-electron chi connectivity index (χ4n) is 0.422. The van der Waals surface area contributed by atoms with Gasteiger partial charge in [0.25, 0.3) is 0 Å². The van der Waals surface area contributed by atoms with Crippen molar-refractivity contribution >= 4 is 46.4 Å². The second kappa shape index (κ2) is 5.35. The molecule has 0 radical (unpaired) electrons. The predicted octanol–water partition coefficient (Wildman–Crippen LogP) is 2.83. The third-order valence-electron chi connectivity index (χ3n) is 0.912. The number of hydrogen-bond donors (Lipinski definition) is 0. The molecule has 0 aromatic carbocycles. The third kappa shape index (κ3) is 3.30. The Labute approximate surface area is 97.0 Å². The molecule has 0 saturated carbocycles. The highest BCUT2D eigenvalue weighted by Gasteiger charge is 2.32. The lowest BCUT2D eigenvalue weighted by atomic mass is 10.5. The molecule has 78 valence electrons. The van der Waals surface area contributed by atoms with Gasteiger partial charge in [-0.25, -0.2) is 0 Å². The summed E-state index contributed by atoms with van der Waals surface area (Å²) in [6, 6.07) is 0. The number of halogens is 4. The molecule has 0 aliphatic rings. The Kier molecular flexibility index (Phi) is 5.14. The first kappa shape index (κ1) is 13.4. The van der Waals surface area contributed by atoms with E-state index in [1.54, 1.807) is 0 Å². The monoisotopic (exact) mass is 280 g/mol. The highest BCUT2D eigenvalue weighted by Crippen LogP contribution is 2.28. The van der Waals surface area contributed by atoms with E-state index in [1.807, 2.05) is 0 Å². The van der Waals surface area contributed by atoms with Gasteiger partial charge in [-0.1, -0.05) is 34.8 Å². The van der Waals surface area contributed by atoms with Crippen LogP contribution in [0.3, 0.4) is 0 Å². The quantitative estimate of drug-likeness (QED) is 0.344. The fourth-order valence-corrected chi connectivity index (χ4v) is 0.971. The van der Waals surface area contributed by atoms with Crippen molar-refractivity contribution in [1.82, 2.24) is 0 Å². The van der Waals surface area contributed by atoms with Crippen molar-refractivity contribution in [1.29, 1.82) is 0 Å². The van der Waals surface area contributed by atoms with E-state index in [1.165, 1.54) is 0 Å². The second-order valence-corrected chi connectivity index (χ2v) is 3.41. The summed E-state index contributed by atoms with van der Waals surface area (Å²) in [5.74, 6) is 0. The first-order chi connectivity index (χ1) is 6.29. The van der Waals surface area contributed by atoms with Crippen LogP contribution in [0.2, 0.25) is 0 Å². The topological polar surface area (TPSA) is 86.3 Å². The van der Waals surface area contributed by atoms with Gasteiger partial charge < -0.3 is 0 Å². The molecule has 0 rings (SSSR count). The average molecular weight is 282 g/mol. The lowest BCUT2D eigenvalue weighted by Gasteiger charge is -1.95. The first-order valence-electron chi connectivity index (χ1n) is 2.68. The molecule has 0 unspecified atom stereocenters. The molecule has 0 amide bonds. The van der Waals surface area contributed by atoms with Crippen LogP contribution in [-0.2, 0) is 0 Å². The molecule has 6 nitrogen and oxygen atoms in total. The van der Waals surface area contributed by atoms with Crippen LogP contribution in [0.15, 0.2) is 20.4 Å². The normalized spacial score (nSPS) is 11.7. The smallest absolute Gasteiger partial charge is 0.258 e. The number of nitrogens with zero attached hydrogens (tertiary/aromatic N) is 2. The molecule has 0 heterocycles. The van der Waals surface area contributed by atoms with Crippen LogP contribution in [0.4, 0.5) is 0 Å². The van der Waals surface area contributed by atoms with Crippen LogP contribution in [0.5, 0.6) is 0 Å². The maximum Gasteiger partial charge on any atom is 0.416 e. The summed E-state index contributed by atoms with van der Waals surface area (Å²) in [4.78, 5) is 18.1. The van der Waals surface area contributed by atoms with Crippen LogP contribution in [0, 0.1) is 20.2 Å². The minimum absolute atomic E-state index is 0.682. The van der Waals surface area contributed by atoms with Gasteiger partial charge in [0.2, 0.25) is 0 Å². The van der Waals surface area contributed by atoms with Crippen molar-refractivity contribution in [3.63, 3.8) is 0 Å². The second-order valence-electron chi connectivity index (χ2n) is 1.73. The van der Waals surface area contributed by atoms with Gasteiger partial charge in [-0.15, -0.1) is 0 Å². The molecule has 0 N–H and O–H groups in total. The molecule has 0 spiro atoms. The van der Waals surface area contributed by atoms with Crippen LogP contribution < -0.4 is 0 Å². The van der Waals surface area contributed by atoms with Crippen LogP contribution >= 0.6 is 46.4 Å². The van der Waals surface area contributed by atoms with E-state index >= 15 is 0 Å². The Bertz CT molecular complexity index is 345. The fraction of sp³-hybridized carbons (Fsp3) is 0. The molecule has 0 aliphatic heterocycles. The Morgan fingerprint density at radius 2 is 1.36 bits per heavy atom. The van der Waals surface area contributed by atoms with Gasteiger partial charge in [0.05, 0.1) is 9.85 Å². The molecular formula is C4Cl4N2O4. The van der Waals surface area contributed by atoms with Gasteiger partial charge in [0, 0.05) is 11.6 Å². The van der Waals surface area contributed by atoms with Crippen molar-refractivity contribution in [2.75, 3.05) is 0 Å².